The highest BCUT2D eigenvalue weighted by atomic mass is 16.5. The molecule has 94 valence electrons. The molecule has 7 heteroatoms. The van der Waals surface area contributed by atoms with Crippen molar-refractivity contribution in [2.75, 3.05) is 13.7 Å². The molecular weight excluding hydrogens is 236 g/mol. The second kappa shape index (κ2) is 6.20. The van der Waals surface area contributed by atoms with Crippen LogP contribution in [-0.2, 0) is 4.74 Å². The normalized spacial score (nSPS) is 10.1. The summed E-state index contributed by atoms with van der Waals surface area (Å²) in [6.45, 7) is 1.84. The van der Waals surface area contributed by atoms with Crippen LogP contribution in [0.1, 0.15) is 22.8 Å². The quantitative estimate of drug-likeness (QED) is 0.377. The fraction of sp³-hybridized carbons (Fsp3) is 0.273. The van der Waals surface area contributed by atoms with Crippen molar-refractivity contribution < 1.29 is 14.3 Å². The SMILES string of the molecule is CCOC(=O)c1c(N=NN)ccc(OC)c1C#N. The van der Waals surface area contributed by atoms with Gasteiger partial charge in [0.05, 0.1) is 13.7 Å². The van der Waals surface area contributed by atoms with Crippen molar-refractivity contribution >= 4 is 11.7 Å². The average Bonchev–Trinajstić information content (AvgIpc) is 2.38. The monoisotopic (exact) mass is 248 g/mol. The molecule has 0 aromatic heterocycles. The molecule has 7 nitrogen and oxygen atoms in total. The molecule has 0 bridgehead atoms. The molecule has 0 fully saturated rings. The van der Waals surface area contributed by atoms with Gasteiger partial charge in [-0.15, -0.1) is 5.11 Å². The zero-order chi connectivity index (χ0) is 13.5. The van der Waals surface area contributed by atoms with Crippen LogP contribution in [0.2, 0.25) is 0 Å². The van der Waals surface area contributed by atoms with Gasteiger partial charge < -0.3 is 15.3 Å². The van der Waals surface area contributed by atoms with E-state index < -0.39 is 5.97 Å². The molecule has 18 heavy (non-hydrogen) atoms. The summed E-state index contributed by atoms with van der Waals surface area (Å²) in [5.74, 6) is 4.55. The van der Waals surface area contributed by atoms with E-state index in [0.29, 0.717) is 0 Å². The van der Waals surface area contributed by atoms with Gasteiger partial charge in [0.2, 0.25) is 0 Å². The molecule has 0 atom stereocenters. The molecule has 1 rings (SSSR count). The lowest BCUT2D eigenvalue weighted by atomic mass is 10.1. The Morgan fingerprint density at radius 1 is 1.56 bits per heavy atom. The van der Waals surface area contributed by atoms with Crippen molar-refractivity contribution in [1.29, 1.82) is 5.26 Å². The van der Waals surface area contributed by atoms with Gasteiger partial charge in [0, 0.05) is 0 Å². The maximum absolute atomic E-state index is 11.8. The number of nitrogens with two attached hydrogens (primary N) is 1. The number of hydrogen-bond donors (Lipinski definition) is 1. The highest BCUT2D eigenvalue weighted by Crippen LogP contribution is 2.30. The van der Waals surface area contributed by atoms with Gasteiger partial charge in [0.1, 0.15) is 28.6 Å². The van der Waals surface area contributed by atoms with Crippen LogP contribution >= 0.6 is 0 Å². The Morgan fingerprint density at radius 3 is 2.78 bits per heavy atom. The number of benzene rings is 1. The molecule has 2 N–H and O–H groups in total. The van der Waals surface area contributed by atoms with Gasteiger partial charge in [-0.25, -0.2) is 4.79 Å². The first kappa shape index (κ1) is 13.4. The maximum atomic E-state index is 11.8. The number of rotatable bonds is 4. The Balaban J connectivity index is 3.49. The van der Waals surface area contributed by atoms with Crippen molar-refractivity contribution in [2.24, 2.45) is 16.2 Å². The zero-order valence-corrected chi connectivity index (χ0v) is 10.0. The van der Waals surface area contributed by atoms with Crippen LogP contribution in [0.3, 0.4) is 0 Å². The number of esters is 1. The summed E-state index contributed by atoms with van der Waals surface area (Å²) >= 11 is 0. The van der Waals surface area contributed by atoms with E-state index in [0.717, 1.165) is 0 Å². The van der Waals surface area contributed by atoms with Crippen molar-refractivity contribution in [1.82, 2.24) is 0 Å². The van der Waals surface area contributed by atoms with Crippen molar-refractivity contribution in [3.05, 3.63) is 23.3 Å². The molecule has 0 aliphatic rings. The summed E-state index contributed by atoms with van der Waals surface area (Å²) in [6.07, 6.45) is 0. The average molecular weight is 248 g/mol. The van der Waals surface area contributed by atoms with E-state index in [1.165, 1.54) is 19.2 Å². The van der Waals surface area contributed by atoms with Crippen LogP contribution in [0, 0.1) is 11.3 Å². The first-order valence-corrected chi connectivity index (χ1v) is 5.08. The maximum Gasteiger partial charge on any atom is 0.341 e. The van der Waals surface area contributed by atoms with Gasteiger partial charge in [-0.3, -0.25) is 0 Å². The number of ether oxygens (including phenoxy) is 2. The predicted molar refractivity (Wildman–Crippen MR) is 62.4 cm³/mol. The van der Waals surface area contributed by atoms with Crippen LogP contribution in [0.4, 0.5) is 5.69 Å². The Kier molecular flexibility index (Phi) is 4.63. The van der Waals surface area contributed by atoms with Crippen molar-refractivity contribution in [3.63, 3.8) is 0 Å². The molecule has 1 aromatic carbocycles. The van der Waals surface area contributed by atoms with Gasteiger partial charge in [-0.2, -0.15) is 5.26 Å². The molecule has 0 spiro atoms. The number of carbonyl (C=O) groups is 1. The third kappa shape index (κ3) is 2.55. The third-order valence-electron chi connectivity index (χ3n) is 2.12. The van der Waals surface area contributed by atoms with Gasteiger partial charge >= 0.3 is 5.97 Å². The Hall–Kier alpha value is -2.62. The van der Waals surface area contributed by atoms with Crippen molar-refractivity contribution in [2.45, 2.75) is 6.92 Å². The first-order valence-electron chi connectivity index (χ1n) is 5.08. The minimum absolute atomic E-state index is 0.00657. The van der Waals surface area contributed by atoms with Crippen LogP contribution in [0.25, 0.3) is 0 Å². The molecule has 0 amide bonds. The van der Waals surface area contributed by atoms with Gasteiger partial charge in [0.15, 0.2) is 0 Å². The summed E-state index contributed by atoms with van der Waals surface area (Å²) in [7, 11) is 1.40. The standard InChI is InChI=1S/C11H12N4O3/c1-3-18-11(16)10-7(6-12)9(17-2)5-4-8(10)14-15-13/h4-5H,3H2,1-2H3,(H2,13,14). The zero-order valence-electron chi connectivity index (χ0n) is 10.0. The largest absolute Gasteiger partial charge is 0.495 e. The van der Waals surface area contributed by atoms with E-state index in [9.17, 15) is 4.79 Å². The molecule has 0 unspecified atom stereocenters. The van der Waals surface area contributed by atoms with Crippen molar-refractivity contribution in [3.8, 4) is 11.8 Å². The lowest BCUT2D eigenvalue weighted by Gasteiger charge is -2.09. The smallest absolute Gasteiger partial charge is 0.341 e. The second-order valence-electron chi connectivity index (χ2n) is 3.08. The van der Waals surface area contributed by atoms with Crippen LogP contribution in [0.15, 0.2) is 22.5 Å². The molecule has 1 aromatic rings. The second-order valence-corrected chi connectivity index (χ2v) is 3.08. The Labute approximate surface area is 104 Å². The minimum atomic E-state index is -0.671. The summed E-state index contributed by atoms with van der Waals surface area (Å²) in [5.41, 5.74) is 0.196. The summed E-state index contributed by atoms with van der Waals surface area (Å²) in [4.78, 5) is 11.8. The first-order chi connectivity index (χ1) is 8.69. The van der Waals surface area contributed by atoms with E-state index in [4.69, 9.17) is 20.6 Å². The van der Waals surface area contributed by atoms with Crippen LogP contribution in [0.5, 0.6) is 5.75 Å². The molecule has 0 saturated carbocycles. The van der Waals surface area contributed by atoms with Gasteiger partial charge in [-0.05, 0) is 19.1 Å². The van der Waals surface area contributed by atoms with Crippen LogP contribution < -0.4 is 10.6 Å². The highest BCUT2D eigenvalue weighted by molar-refractivity contribution is 5.98. The van der Waals surface area contributed by atoms with Gasteiger partial charge in [0.25, 0.3) is 0 Å². The Bertz CT molecular complexity index is 520. The summed E-state index contributed by atoms with van der Waals surface area (Å²) in [6, 6.07) is 4.86. The summed E-state index contributed by atoms with van der Waals surface area (Å²) < 4.78 is 9.87. The van der Waals surface area contributed by atoms with E-state index in [1.807, 2.05) is 6.07 Å². The third-order valence-corrected chi connectivity index (χ3v) is 2.12. The summed E-state index contributed by atoms with van der Waals surface area (Å²) in [5, 5.41) is 15.8. The topological polar surface area (TPSA) is 110 Å². The van der Waals surface area contributed by atoms with E-state index in [2.05, 4.69) is 10.3 Å². The molecule has 0 saturated heterocycles. The molecule has 0 radical (unpaired) electrons. The molecule has 0 aliphatic heterocycles. The number of nitrogens with zero attached hydrogens (tertiary/aromatic N) is 3. The lowest BCUT2D eigenvalue weighted by molar-refractivity contribution is 0.0526. The van der Waals surface area contributed by atoms with Gasteiger partial charge in [-0.1, -0.05) is 5.22 Å². The molecule has 0 heterocycles. The molecular formula is C11H12N4O3. The van der Waals surface area contributed by atoms with E-state index in [1.54, 1.807) is 6.92 Å². The minimum Gasteiger partial charge on any atom is -0.495 e. The number of hydrogen-bond acceptors (Lipinski definition) is 6. The van der Waals surface area contributed by atoms with E-state index >= 15 is 0 Å². The lowest BCUT2D eigenvalue weighted by Crippen LogP contribution is -2.08. The number of nitriles is 1. The number of carbonyl (C=O) groups excluding carboxylic acids is 1. The fourth-order valence-electron chi connectivity index (χ4n) is 1.41. The van der Waals surface area contributed by atoms with E-state index in [-0.39, 0.29) is 29.2 Å². The highest BCUT2D eigenvalue weighted by Gasteiger charge is 2.21. The fourth-order valence-corrected chi connectivity index (χ4v) is 1.41. The molecule has 0 aliphatic carbocycles. The Morgan fingerprint density at radius 2 is 2.28 bits per heavy atom. The predicted octanol–water partition coefficient (Wildman–Crippen LogP) is 1.70. The number of methoxy groups -OCH3 is 1. The van der Waals surface area contributed by atoms with Crippen LogP contribution in [-0.4, -0.2) is 19.7 Å².